The number of benzene rings is 2. The molecule has 6 heteroatoms. The number of piperidine rings is 3. The van der Waals surface area contributed by atoms with Crippen LogP contribution in [0.4, 0.5) is 4.79 Å². The minimum Gasteiger partial charge on any atom is -0.493 e. The van der Waals surface area contributed by atoms with Gasteiger partial charge in [0.2, 0.25) is 0 Å². The first-order valence-corrected chi connectivity index (χ1v) is 11.5. The maximum Gasteiger partial charge on any atom is 0.407 e. The van der Waals surface area contributed by atoms with E-state index in [1.807, 2.05) is 18.5 Å². The van der Waals surface area contributed by atoms with Gasteiger partial charge in [-0.1, -0.05) is 24.3 Å². The topological polar surface area (TPSA) is 63.7 Å². The second-order valence-electron chi connectivity index (χ2n) is 9.11. The average molecular weight is 430 g/mol. The molecule has 3 aromatic rings. The number of carbonyl (C=O) groups is 1. The molecule has 0 spiro atoms. The van der Waals surface area contributed by atoms with E-state index in [2.05, 4.69) is 51.6 Å². The Labute approximate surface area is 187 Å². The first-order valence-electron chi connectivity index (χ1n) is 11.5. The zero-order chi connectivity index (χ0) is 21.5. The van der Waals surface area contributed by atoms with E-state index in [-0.39, 0.29) is 18.2 Å². The molecule has 3 fully saturated rings. The van der Waals surface area contributed by atoms with Crippen LogP contribution in [0, 0.1) is 5.92 Å². The Bertz CT molecular complexity index is 1160. The van der Waals surface area contributed by atoms with Gasteiger partial charge in [-0.3, -0.25) is 9.88 Å². The van der Waals surface area contributed by atoms with Gasteiger partial charge in [-0.2, -0.15) is 0 Å². The molecule has 4 aliphatic heterocycles. The molecular weight excluding hydrogens is 402 g/mol. The Morgan fingerprint density at radius 1 is 1.03 bits per heavy atom. The molecule has 1 unspecified atom stereocenters. The average Bonchev–Trinajstić information content (AvgIpc) is 2.84. The number of hydrogen-bond acceptors (Lipinski definition) is 5. The Morgan fingerprint density at radius 2 is 1.88 bits per heavy atom. The van der Waals surface area contributed by atoms with Crippen molar-refractivity contribution < 1.29 is 14.3 Å². The Balaban J connectivity index is 1.18. The molecule has 1 amide bonds. The van der Waals surface area contributed by atoms with Crippen LogP contribution in [0.15, 0.2) is 54.9 Å². The highest BCUT2D eigenvalue weighted by molar-refractivity contribution is 5.86. The molecule has 0 saturated carbocycles. The van der Waals surface area contributed by atoms with Crippen molar-refractivity contribution in [3.63, 3.8) is 0 Å². The van der Waals surface area contributed by atoms with Gasteiger partial charge < -0.3 is 14.8 Å². The second kappa shape index (κ2) is 8.10. The first kappa shape index (κ1) is 19.6. The summed E-state index contributed by atoms with van der Waals surface area (Å²) >= 11 is 0. The van der Waals surface area contributed by atoms with Crippen LogP contribution in [0.5, 0.6) is 5.75 Å². The monoisotopic (exact) mass is 429 g/mol. The molecule has 7 rings (SSSR count). The number of pyridine rings is 1. The summed E-state index contributed by atoms with van der Waals surface area (Å²) in [6, 6.07) is 14.5. The fourth-order valence-electron chi connectivity index (χ4n) is 5.34. The summed E-state index contributed by atoms with van der Waals surface area (Å²) in [6.45, 7) is 3.71. The third-order valence-corrected chi connectivity index (χ3v) is 7.17. The van der Waals surface area contributed by atoms with Crippen LogP contribution in [0.2, 0.25) is 0 Å². The lowest BCUT2D eigenvalue weighted by atomic mass is 9.86. The molecule has 5 heterocycles. The molecule has 0 aliphatic carbocycles. The third kappa shape index (κ3) is 3.69. The number of rotatable bonds is 3. The minimum absolute atomic E-state index is 0.0154. The number of hydrogen-bond donors (Lipinski definition) is 1. The highest BCUT2D eigenvalue weighted by atomic mass is 16.6. The van der Waals surface area contributed by atoms with Crippen LogP contribution >= 0.6 is 0 Å². The van der Waals surface area contributed by atoms with E-state index in [4.69, 9.17) is 9.47 Å². The van der Waals surface area contributed by atoms with Gasteiger partial charge in [0.25, 0.3) is 0 Å². The number of alkyl carbamates (subject to hydrolysis) is 1. The lowest BCUT2D eigenvalue weighted by molar-refractivity contribution is -0.0342. The molecule has 2 atom stereocenters. The van der Waals surface area contributed by atoms with Crippen molar-refractivity contribution in [1.82, 2.24) is 15.2 Å². The van der Waals surface area contributed by atoms with Crippen molar-refractivity contribution in [2.75, 3.05) is 26.2 Å². The fraction of sp³-hybridized carbons (Fsp3) is 0.385. The normalized spacial score (nSPS) is 26.2. The number of fused-ring (bicyclic) bond motifs is 5. The summed E-state index contributed by atoms with van der Waals surface area (Å²) < 4.78 is 11.8. The molecule has 2 aromatic carbocycles. The molecule has 3 saturated heterocycles. The van der Waals surface area contributed by atoms with Crippen molar-refractivity contribution in [1.29, 1.82) is 0 Å². The zero-order valence-electron chi connectivity index (χ0n) is 18.0. The van der Waals surface area contributed by atoms with Gasteiger partial charge >= 0.3 is 6.09 Å². The molecule has 0 radical (unpaired) electrons. The van der Waals surface area contributed by atoms with Gasteiger partial charge in [-0.15, -0.1) is 0 Å². The van der Waals surface area contributed by atoms with Crippen molar-refractivity contribution in [3.05, 3.63) is 60.4 Å². The number of nitrogens with zero attached hydrogens (tertiary/aromatic N) is 2. The maximum absolute atomic E-state index is 12.7. The Morgan fingerprint density at radius 3 is 2.72 bits per heavy atom. The van der Waals surface area contributed by atoms with Crippen molar-refractivity contribution in [3.8, 4) is 16.9 Å². The van der Waals surface area contributed by atoms with E-state index >= 15 is 0 Å². The highest BCUT2D eigenvalue weighted by Crippen LogP contribution is 2.36. The van der Waals surface area contributed by atoms with Crippen LogP contribution in [-0.4, -0.2) is 48.3 Å². The van der Waals surface area contributed by atoms with Gasteiger partial charge in [-0.05, 0) is 66.6 Å². The van der Waals surface area contributed by atoms with Gasteiger partial charge in [0.05, 0.1) is 12.6 Å². The minimum atomic E-state index is -0.312. The van der Waals surface area contributed by atoms with Crippen molar-refractivity contribution in [2.45, 2.75) is 31.4 Å². The smallest absolute Gasteiger partial charge is 0.407 e. The Kier molecular flexibility index (Phi) is 4.95. The lowest BCUT2D eigenvalue weighted by Crippen LogP contribution is -2.52. The molecule has 32 heavy (non-hydrogen) atoms. The van der Waals surface area contributed by atoms with Gasteiger partial charge in [0, 0.05) is 36.3 Å². The fourth-order valence-corrected chi connectivity index (χ4v) is 5.34. The highest BCUT2D eigenvalue weighted by Gasteiger charge is 2.37. The van der Waals surface area contributed by atoms with Crippen LogP contribution in [0.25, 0.3) is 21.9 Å². The first-order chi connectivity index (χ1) is 15.7. The van der Waals surface area contributed by atoms with E-state index < -0.39 is 0 Å². The number of nitrogens with one attached hydrogen (secondary N) is 1. The van der Waals surface area contributed by atoms with Crippen molar-refractivity contribution in [2.24, 2.45) is 5.92 Å². The third-order valence-electron chi connectivity index (χ3n) is 7.17. The van der Waals surface area contributed by atoms with E-state index in [0.29, 0.717) is 12.5 Å². The van der Waals surface area contributed by atoms with E-state index in [9.17, 15) is 4.79 Å². The summed E-state index contributed by atoms with van der Waals surface area (Å²) in [4.78, 5) is 19.3. The summed E-state index contributed by atoms with van der Waals surface area (Å²) in [5.41, 5.74) is 3.21. The summed E-state index contributed by atoms with van der Waals surface area (Å²) in [5, 5.41) is 5.38. The maximum atomic E-state index is 12.7. The molecular formula is C26H27N3O3. The van der Waals surface area contributed by atoms with Gasteiger partial charge in [-0.25, -0.2) is 4.79 Å². The molecule has 164 valence electrons. The molecule has 4 aliphatic rings. The van der Waals surface area contributed by atoms with E-state index in [1.165, 1.54) is 5.39 Å². The number of amides is 1. The second-order valence-corrected chi connectivity index (χ2v) is 9.11. The quantitative estimate of drug-likeness (QED) is 0.662. The van der Waals surface area contributed by atoms with Gasteiger partial charge in [0.1, 0.15) is 11.9 Å². The molecule has 2 bridgehead atoms. The Hall–Kier alpha value is -3.12. The standard InChI is InChI=1S/C26H27N3O3/c30-26(32-25-16-29-10-6-18(25)7-11-29)28-23-8-12-31-24-14-20(3-4-22(23)24)19-2-1-17-5-9-27-15-21(17)13-19/h1-5,9,13-15,18,23,25H,6-8,10-12,16H2,(H,28,30)/t23?,25-/m1/s1. The zero-order valence-corrected chi connectivity index (χ0v) is 18.0. The van der Waals surface area contributed by atoms with E-state index in [1.54, 1.807) is 0 Å². The predicted molar refractivity (Wildman–Crippen MR) is 123 cm³/mol. The lowest BCUT2D eigenvalue weighted by Gasteiger charge is -2.44. The van der Waals surface area contributed by atoms with E-state index in [0.717, 1.165) is 66.7 Å². The summed E-state index contributed by atoms with van der Waals surface area (Å²) in [7, 11) is 0. The number of carbonyl (C=O) groups excluding carboxylic acids is 1. The van der Waals surface area contributed by atoms with Crippen LogP contribution < -0.4 is 10.1 Å². The molecule has 6 nitrogen and oxygen atoms in total. The number of aromatic nitrogens is 1. The van der Waals surface area contributed by atoms with Crippen LogP contribution in [0.1, 0.15) is 30.9 Å². The number of ether oxygens (including phenoxy) is 2. The summed E-state index contributed by atoms with van der Waals surface area (Å²) in [6.07, 6.45) is 6.40. The van der Waals surface area contributed by atoms with Crippen molar-refractivity contribution >= 4 is 16.9 Å². The van der Waals surface area contributed by atoms with Crippen LogP contribution in [-0.2, 0) is 4.74 Å². The molecule has 1 N–H and O–H groups in total. The SMILES string of the molecule is O=C(NC1CCOc2cc(-c3ccc4ccncc4c3)ccc21)O[C@@H]1CN2CCC1CC2. The largest absolute Gasteiger partial charge is 0.493 e. The van der Waals surface area contributed by atoms with Gasteiger partial charge in [0.15, 0.2) is 0 Å². The summed E-state index contributed by atoms with van der Waals surface area (Å²) in [5.74, 6) is 1.33. The molecule has 1 aromatic heterocycles. The predicted octanol–water partition coefficient (Wildman–Crippen LogP) is 4.55. The van der Waals surface area contributed by atoms with Crippen LogP contribution in [0.3, 0.4) is 0 Å².